The molecule has 7 nitrogen and oxygen atoms in total. The summed E-state index contributed by atoms with van der Waals surface area (Å²) in [7, 11) is 1.59. The van der Waals surface area contributed by atoms with Gasteiger partial charge in [0.1, 0.15) is 12.4 Å². The van der Waals surface area contributed by atoms with Crippen LogP contribution in [0.3, 0.4) is 0 Å². The van der Waals surface area contributed by atoms with E-state index < -0.39 is 0 Å². The van der Waals surface area contributed by atoms with Gasteiger partial charge in [0.25, 0.3) is 5.89 Å². The molecule has 3 aromatic rings. The van der Waals surface area contributed by atoms with Crippen LogP contribution in [0.25, 0.3) is 11.5 Å². The van der Waals surface area contributed by atoms with Gasteiger partial charge in [-0.25, -0.2) is 9.97 Å². The number of aryl methyl sites for hydroxylation is 2. The van der Waals surface area contributed by atoms with Crippen LogP contribution in [0.4, 0.5) is 5.82 Å². The molecular formula is C16H19N5O2S. The number of thiazole rings is 1. The molecule has 0 unspecified atom stereocenters. The first-order valence-corrected chi connectivity index (χ1v) is 8.42. The predicted octanol–water partition coefficient (Wildman–Crippen LogP) is 3.01. The lowest BCUT2D eigenvalue weighted by Gasteiger charge is -2.04. The average Bonchev–Trinajstić information content (AvgIpc) is 3.16. The Kier molecular flexibility index (Phi) is 5.17. The molecule has 0 amide bonds. The number of aromatic nitrogens is 4. The van der Waals surface area contributed by atoms with Gasteiger partial charge < -0.3 is 14.6 Å². The molecule has 3 rings (SSSR count). The van der Waals surface area contributed by atoms with E-state index in [1.54, 1.807) is 24.6 Å². The molecule has 3 heterocycles. The molecule has 0 saturated heterocycles. The number of anilines is 1. The van der Waals surface area contributed by atoms with E-state index in [1.807, 2.05) is 19.1 Å². The quantitative estimate of drug-likeness (QED) is 0.704. The van der Waals surface area contributed by atoms with E-state index in [2.05, 4.69) is 32.3 Å². The van der Waals surface area contributed by atoms with E-state index in [4.69, 9.17) is 9.26 Å². The van der Waals surface area contributed by atoms with Crippen molar-refractivity contribution in [3.63, 3.8) is 0 Å². The zero-order valence-corrected chi connectivity index (χ0v) is 14.7. The van der Waals surface area contributed by atoms with Gasteiger partial charge >= 0.3 is 0 Å². The fraction of sp³-hybridized carbons (Fsp3) is 0.375. The summed E-state index contributed by atoms with van der Waals surface area (Å²) in [6, 6.07) is 3.80. The minimum atomic E-state index is 0.326. The summed E-state index contributed by atoms with van der Waals surface area (Å²) in [6.45, 7) is 5.25. The topological polar surface area (TPSA) is 86.0 Å². The maximum atomic E-state index is 5.19. The molecule has 24 heavy (non-hydrogen) atoms. The monoisotopic (exact) mass is 345 g/mol. The molecule has 3 aromatic heterocycles. The van der Waals surface area contributed by atoms with Crippen LogP contribution < -0.4 is 5.32 Å². The maximum Gasteiger partial charge on any atom is 0.259 e. The van der Waals surface area contributed by atoms with E-state index in [0.29, 0.717) is 18.3 Å². The lowest BCUT2D eigenvalue weighted by atomic mass is 10.3. The number of pyridine rings is 1. The van der Waals surface area contributed by atoms with Gasteiger partial charge in [-0.05, 0) is 26.0 Å². The Morgan fingerprint density at radius 1 is 1.25 bits per heavy atom. The highest BCUT2D eigenvalue weighted by Gasteiger charge is 2.09. The van der Waals surface area contributed by atoms with Crippen LogP contribution >= 0.6 is 11.3 Å². The number of hydrogen-bond acceptors (Lipinski definition) is 8. The van der Waals surface area contributed by atoms with Crippen molar-refractivity contribution in [2.45, 2.75) is 26.9 Å². The zero-order chi connectivity index (χ0) is 16.9. The molecule has 1 N–H and O–H groups in total. The lowest BCUT2D eigenvalue weighted by molar-refractivity contribution is 0.174. The average molecular weight is 345 g/mol. The fourth-order valence-electron chi connectivity index (χ4n) is 2.13. The second kappa shape index (κ2) is 7.50. The Morgan fingerprint density at radius 2 is 2.12 bits per heavy atom. The van der Waals surface area contributed by atoms with Crippen molar-refractivity contribution in [2.24, 2.45) is 0 Å². The van der Waals surface area contributed by atoms with Gasteiger partial charge in [0.15, 0.2) is 5.82 Å². The van der Waals surface area contributed by atoms with Gasteiger partial charge in [-0.1, -0.05) is 5.16 Å². The highest BCUT2D eigenvalue weighted by molar-refractivity contribution is 7.11. The third-order valence-electron chi connectivity index (χ3n) is 3.47. The van der Waals surface area contributed by atoms with Gasteiger partial charge in [0.05, 0.1) is 16.3 Å². The minimum Gasteiger partial charge on any atom is -0.377 e. The van der Waals surface area contributed by atoms with E-state index in [-0.39, 0.29) is 0 Å². The van der Waals surface area contributed by atoms with Crippen molar-refractivity contribution in [2.75, 3.05) is 19.0 Å². The normalized spacial score (nSPS) is 11.0. The summed E-state index contributed by atoms with van der Waals surface area (Å²) in [4.78, 5) is 14.4. The number of hydrogen-bond donors (Lipinski definition) is 1. The minimum absolute atomic E-state index is 0.326. The fourth-order valence-corrected chi connectivity index (χ4v) is 3.06. The Hall–Kier alpha value is -2.32. The van der Waals surface area contributed by atoms with Crippen molar-refractivity contribution < 1.29 is 9.26 Å². The SMILES string of the molecule is COCc1noc(-c2ccc(NCCc3nc(C)c(C)s3)nc2)n1. The molecule has 0 saturated carbocycles. The Balaban J connectivity index is 1.55. The molecule has 0 fully saturated rings. The van der Waals surface area contributed by atoms with E-state index in [0.717, 1.165) is 35.0 Å². The molecule has 0 bridgehead atoms. The highest BCUT2D eigenvalue weighted by Crippen LogP contribution is 2.19. The smallest absolute Gasteiger partial charge is 0.259 e. The van der Waals surface area contributed by atoms with Crippen molar-refractivity contribution in [1.82, 2.24) is 20.1 Å². The van der Waals surface area contributed by atoms with Crippen molar-refractivity contribution in [3.8, 4) is 11.5 Å². The van der Waals surface area contributed by atoms with E-state index in [9.17, 15) is 0 Å². The first kappa shape index (κ1) is 16.5. The van der Waals surface area contributed by atoms with Crippen LogP contribution in [-0.2, 0) is 17.8 Å². The van der Waals surface area contributed by atoms with Crippen LogP contribution in [0, 0.1) is 13.8 Å². The van der Waals surface area contributed by atoms with Crippen LogP contribution in [0.1, 0.15) is 21.4 Å². The largest absolute Gasteiger partial charge is 0.377 e. The number of nitrogens with one attached hydrogen (secondary N) is 1. The molecule has 0 aromatic carbocycles. The summed E-state index contributed by atoms with van der Waals surface area (Å²) < 4.78 is 10.2. The van der Waals surface area contributed by atoms with Gasteiger partial charge in [0.2, 0.25) is 0 Å². The molecule has 0 aliphatic rings. The van der Waals surface area contributed by atoms with Crippen molar-refractivity contribution >= 4 is 17.2 Å². The van der Waals surface area contributed by atoms with Crippen LogP contribution in [0.2, 0.25) is 0 Å². The van der Waals surface area contributed by atoms with E-state index in [1.165, 1.54) is 4.88 Å². The first-order valence-electron chi connectivity index (χ1n) is 7.60. The Bertz CT molecular complexity index is 778. The molecule has 0 aliphatic heterocycles. The number of methoxy groups -OCH3 is 1. The number of rotatable bonds is 7. The standard InChI is InChI=1S/C16H19N5O2S/c1-10-11(2)24-15(19-10)6-7-17-13-5-4-12(8-18-13)16-20-14(9-22-3)21-23-16/h4-5,8H,6-7,9H2,1-3H3,(H,17,18). The van der Waals surface area contributed by atoms with Crippen molar-refractivity contribution in [1.29, 1.82) is 0 Å². The van der Waals surface area contributed by atoms with Gasteiger partial charge in [-0.15, -0.1) is 11.3 Å². The molecule has 0 radical (unpaired) electrons. The van der Waals surface area contributed by atoms with Crippen LogP contribution in [0.15, 0.2) is 22.9 Å². The summed E-state index contributed by atoms with van der Waals surface area (Å²) in [5.41, 5.74) is 1.89. The van der Waals surface area contributed by atoms with Gasteiger partial charge in [-0.2, -0.15) is 4.98 Å². The molecule has 0 spiro atoms. The second-order valence-electron chi connectivity index (χ2n) is 5.31. The summed E-state index contributed by atoms with van der Waals surface area (Å²) in [6.07, 6.45) is 2.59. The lowest BCUT2D eigenvalue weighted by Crippen LogP contribution is -2.06. The summed E-state index contributed by atoms with van der Waals surface area (Å²) in [5.74, 6) is 1.76. The molecular weight excluding hydrogens is 326 g/mol. The molecule has 8 heteroatoms. The first-order chi connectivity index (χ1) is 11.7. The Labute approximate surface area is 144 Å². The molecule has 0 aliphatic carbocycles. The van der Waals surface area contributed by atoms with Gasteiger partial charge in [-0.3, -0.25) is 0 Å². The predicted molar refractivity (Wildman–Crippen MR) is 92.0 cm³/mol. The molecule has 126 valence electrons. The van der Waals surface area contributed by atoms with Crippen molar-refractivity contribution in [3.05, 3.63) is 39.7 Å². The van der Waals surface area contributed by atoms with E-state index >= 15 is 0 Å². The third-order valence-corrected chi connectivity index (χ3v) is 4.60. The zero-order valence-electron chi connectivity index (χ0n) is 13.9. The van der Waals surface area contributed by atoms with Gasteiger partial charge in [0, 0.05) is 31.1 Å². The van der Waals surface area contributed by atoms with Crippen LogP contribution in [-0.4, -0.2) is 33.8 Å². The summed E-state index contributed by atoms with van der Waals surface area (Å²) in [5, 5.41) is 8.28. The number of ether oxygens (including phenoxy) is 1. The Morgan fingerprint density at radius 3 is 2.79 bits per heavy atom. The maximum absolute atomic E-state index is 5.19. The summed E-state index contributed by atoms with van der Waals surface area (Å²) >= 11 is 1.75. The third kappa shape index (κ3) is 3.95. The highest BCUT2D eigenvalue weighted by atomic mass is 32.1. The number of nitrogens with zero attached hydrogens (tertiary/aromatic N) is 4. The molecule has 0 atom stereocenters. The van der Waals surface area contributed by atoms with Crippen LogP contribution in [0.5, 0.6) is 0 Å². The second-order valence-corrected chi connectivity index (χ2v) is 6.59.